The van der Waals surface area contributed by atoms with Gasteiger partial charge in [-0.15, -0.1) is 0 Å². The number of esters is 2. The van der Waals surface area contributed by atoms with Crippen molar-refractivity contribution in [2.45, 2.75) is 96.4 Å². The van der Waals surface area contributed by atoms with Gasteiger partial charge in [0.25, 0.3) is 0 Å². The topological polar surface area (TPSA) is 143 Å². The lowest BCUT2D eigenvalue weighted by atomic mass is 9.49. The summed E-state index contributed by atoms with van der Waals surface area (Å²) >= 11 is 0. The predicted octanol–water partition coefficient (Wildman–Crippen LogP) is 2.54. The Labute approximate surface area is 229 Å². The summed E-state index contributed by atoms with van der Waals surface area (Å²) in [6.07, 6.45) is -3.75. The molecule has 216 valence electrons. The molecule has 4 N–H and O–H groups in total. The summed E-state index contributed by atoms with van der Waals surface area (Å²) in [7, 11) is 0. The second-order valence-corrected chi connectivity index (χ2v) is 12.3. The third kappa shape index (κ3) is 5.15. The van der Waals surface area contributed by atoms with Crippen LogP contribution in [0.4, 0.5) is 0 Å². The van der Waals surface area contributed by atoms with Gasteiger partial charge >= 0.3 is 11.9 Å². The number of carbonyl (C=O) groups excluding carboxylic acids is 2. The summed E-state index contributed by atoms with van der Waals surface area (Å²) < 4.78 is 18.1. The molecule has 0 amide bonds. The van der Waals surface area contributed by atoms with Crippen LogP contribution in [0, 0.1) is 16.7 Å². The minimum Gasteiger partial charge on any atom is -0.458 e. The van der Waals surface area contributed by atoms with E-state index in [-0.39, 0.29) is 26.1 Å². The van der Waals surface area contributed by atoms with E-state index < -0.39 is 64.8 Å². The van der Waals surface area contributed by atoms with Gasteiger partial charge in [-0.25, -0.2) is 4.79 Å². The van der Waals surface area contributed by atoms with Crippen LogP contribution in [0.5, 0.6) is 0 Å². The maximum Gasteiger partial charge on any atom is 0.338 e. The molecule has 8 atom stereocenters. The zero-order valence-electron chi connectivity index (χ0n) is 23.4. The van der Waals surface area contributed by atoms with E-state index in [0.717, 1.165) is 0 Å². The van der Waals surface area contributed by atoms with Crippen molar-refractivity contribution in [3.63, 3.8) is 0 Å². The largest absolute Gasteiger partial charge is 0.458 e. The van der Waals surface area contributed by atoms with Gasteiger partial charge < -0.3 is 34.6 Å². The van der Waals surface area contributed by atoms with Gasteiger partial charge in [-0.2, -0.15) is 0 Å². The Morgan fingerprint density at radius 3 is 2.36 bits per heavy atom. The molecule has 1 saturated heterocycles. The van der Waals surface area contributed by atoms with Crippen molar-refractivity contribution in [1.82, 2.24) is 0 Å². The molecular formula is C30H42O9. The number of hydrogen-bond acceptors (Lipinski definition) is 9. The van der Waals surface area contributed by atoms with E-state index in [1.165, 1.54) is 6.92 Å². The highest BCUT2D eigenvalue weighted by Gasteiger charge is 2.70. The number of hydrogen-bond donors (Lipinski definition) is 4. The average Bonchev–Trinajstić information content (AvgIpc) is 2.85. The van der Waals surface area contributed by atoms with Crippen molar-refractivity contribution in [2.75, 3.05) is 13.2 Å². The fourth-order valence-corrected chi connectivity index (χ4v) is 7.46. The van der Waals surface area contributed by atoms with Crippen molar-refractivity contribution in [3.05, 3.63) is 47.0 Å². The molecule has 4 rings (SSSR count). The molecule has 3 aliphatic rings. The van der Waals surface area contributed by atoms with Gasteiger partial charge in [-0.3, -0.25) is 4.79 Å². The summed E-state index contributed by atoms with van der Waals surface area (Å²) in [5, 5.41) is 43.8. The lowest BCUT2D eigenvalue weighted by Gasteiger charge is -2.64. The third-order valence-corrected chi connectivity index (χ3v) is 9.25. The quantitative estimate of drug-likeness (QED) is 0.313. The van der Waals surface area contributed by atoms with Crippen LogP contribution in [0.25, 0.3) is 0 Å². The van der Waals surface area contributed by atoms with E-state index in [0.29, 0.717) is 29.6 Å². The van der Waals surface area contributed by atoms with Crippen LogP contribution < -0.4 is 0 Å². The molecule has 1 heterocycles. The Hall–Kier alpha value is -2.30. The van der Waals surface area contributed by atoms with Crippen molar-refractivity contribution >= 4 is 11.9 Å². The monoisotopic (exact) mass is 546 g/mol. The molecule has 0 bridgehead atoms. The minimum absolute atomic E-state index is 0.0785. The Bertz CT molecular complexity index is 1100. The van der Waals surface area contributed by atoms with Gasteiger partial charge in [0.1, 0.15) is 18.3 Å². The molecule has 0 aromatic heterocycles. The van der Waals surface area contributed by atoms with Gasteiger partial charge in [0.15, 0.2) is 5.60 Å². The molecule has 39 heavy (non-hydrogen) atoms. The molecule has 9 nitrogen and oxygen atoms in total. The highest BCUT2D eigenvalue weighted by atomic mass is 16.6. The summed E-state index contributed by atoms with van der Waals surface area (Å²) in [4.78, 5) is 25.8. The number of aliphatic hydroxyl groups is 4. The molecule has 0 radical (unpaired) electrons. The first kappa shape index (κ1) is 29.7. The molecular weight excluding hydrogens is 504 g/mol. The summed E-state index contributed by atoms with van der Waals surface area (Å²) in [5.41, 5.74) is -1.76. The zero-order valence-corrected chi connectivity index (χ0v) is 23.4. The van der Waals surface area contributed by atoms with E-state index >= 15 is 0 Å². The van der Waals surface area contributed by atoms with Gasteiger partial charge in [0.2, 0.25) is 0 Å². The summed E-state index contributed by atoms with van der Waals surface area (Å²) in [6.45, 7) is 8.45. The van der Waals surface area contributed by atoms with Crippen LogP contribution in [-0.2, 0) is 19.0 Å². The van der Waals surface area contributed by atoms with Crippen LogP contribution in [0.15, 0.2) is 41.5 Å². The van der Waals surface area contributed by atoms with Crippen LogP contribution in [0.2, 0.25) is 0 Å². The molecule has 3 fully saturated rings. The van der Waals surface area contributed by atoms with E-state index in [4.69, 9.17) is 14.2 Å². The molecule has 1 aromatic rings. The second kappa shape index (κ2) is 10.9. The van der Waals surface area contributed by atoms with E-state index in [9.17, 15) is 30.0 Å². The lowest BCUT2D eigenvalue weighted by Crippen LogP contribution is -2.75. The predicted molar refractivity (Wildman–Crippen MR) is 142 cm³/mol. The normalized spacial score (nSPS) is 37.6. The van der Waals surface area contributed by atoms with Crippen molar-refractivity contribution in [3.8, 4) is 0 Å². The summed E-state index contributed by atoms with van der Waals surface area (Å²) in [5.74, 6) is -1.72. The number of aliphatic hydroxyl groups excluding tert-OH is 4. The number of rotatable bonds is 6. The van der Waals surface area contributed by atoms with Gasteiger partial charge in [0.05, 0.1) is 24.4 Å². The lowest BCUT2D eigenvalue weighted by molar-refractivity contribution is -0.331. The maximum absolute atomic E-state index is 13.4. The SMILES string of the molecule is CC(=O)O[C@@]12CO[C@@H]1CC[C@@]1(C)[C@H](O)[C@H](O)/C(=C(\C)[C@@H](O)CCO)C(C)(C)C[C@@H](OC(=O)c3ccccc3)[C@@H]12. The first-order valence-electron chi connectivity index (χ1n) is 13.7. The highest BCUT2D eigenvalue weighted by Crippen LogP contribution is 2.61. The summed E-state index contributed by atoms with van der Waals surface area (Å²) in [6, 6.07) is 8.60. The third-order valence-electron chi connectivity index (χ3n) is 9.25. The van der Waals surface area contributed by atoms with Crippen LogP contribution in [0.1, 0.15) is 70.7 Å². The van der Waals surface area contributed by atoms with Crippen LogP contribution in [-0.4, -0.2) is 81.7 Å². The molecule has 1 aromatic carbocycles. The molecule has 2 aliphatic carbocycles. The fourth-order valence-electron chi connectivity index (χ4n) is 7.46. The number of ether oxygens (including phenoxy) is 3. The Balaban J connectivity index is 1.89. The molecule has 0 unspecified atom stereocenters. The van der Waals surface area contributed by atoms with E-state index in [2.05, 4.69) is 0 Å². The van der Waals surface area contributed by atoms with Crippen molar-refractivity contribution in [2.24, 2.45) is 16.7 Å². The van der Waals surface area contributed by atoms with Crippen molar-refractivity contribution < 1.29 is 44.2 Å². The number of benzene rings is 1. The molecule has 1 aliphatic heterocycles. The Morgan fingerprint density at radius 2 is 1.79 bits per heavy atom. The van der Waals surface area contributed by atoms with Crippen molar-refractivity contribution in [1.29, 1.82) is 0 Å². The first-order chi connectivity index (χ1) is 18.3. The second-order valence-electron chi connectivity index (χ2n) is 12.3. The van der Waals surface area contributed by atoms with E-state index in [1.54, 1.807) is 37.3 Å². The maximum atomic E-state index is 13.4. The average molecular weight is 547 g/mol. The molecule has 9 heteroatoms. The van der Waals surface area contributed by atoms with E-state index in [1.807, 2.05) is 20.8 Å². The van der Waals surface area contributed by atoms with Gasteiger partial charge in [-0.05, 0) is 54.9 Å². The van der Waals surface area contributed by atoms with Crippen LogP contribution in [0.3, 0.4) is 0 Å². The highest BCUT2D eigenvalue weighted by molar-refractivity contribution is 5.89. The fraction of sp³-hybridized carbons (Fsp3) is 0.667. The first-order valence-corrected chi connectivity index (χ1v) is 13.7. The Kier molecular flexibility index (Phi) is 8.32. The number of fused-ring (bicyclic) bond motifs is 3. The molecule has 0 spiro atoms. The molecule has 2 saturated carbocycles. The standard InChI is InChI=1S/C30H42O9/c1-17(20(33)12-14-31)23-24(34)26(35)29(5)13-11-22-30(16-37-22,39-18(2)32)25(29)21(15-28(23,3)4)38-27(36)19-9-7-6-8-10-19/h6-10,20-22,24-26,31,33-35H,11-16H2,1-5H3/b23-17-/t20-,21+,22+,24+,25-,26+,29+,30-/m0/s1. The van der Waals surface area contributed by atoms with Gasteiger partial charge in [-0.1, -0.05) is 39.0 Å². The minimum atomic E-state index is -1.35. The van der Waals surface area contributed by atoms with Crippen LogP contribution >= 0.6 is 0 Å². The Morgan fingerprint density at radius 1 is 1.13 bits per heavy atom. The number of carbonyl (C=O) groups is 2. The van der Waals surface area contributed by atoms with Gasteiger partial charge in [0, 0.05) is 31.3 Å². The smallest absolute Gasteiger partial charge is 0.338 e. The zero-order chi connectivity index (χ0) is 28.8.